The van der Waals surface area contributed by atoms with E-state index in [9.17, 15) is 9.59 Å². The van der Waals surface area contributed by atoms with E-state index in [4.69, 9.17) is 9.47 Å². The molecule has 0 spiro atoms. The Morgan fingerprint density at radius 3 is 1.85 bits per heavy atom. The fourth-order valence-electron chi connectivity index (χ4n) is 2.97. The first kappa shape index (κ1) is 24.9. The van der Waals surface area contributed by atoms with Crippen LogP contribution in [-0.4, -0.2) is 24.1 Å². The first-order valence-electron chi connectivity index (χ1n) is 10.8. The lowest BCUT2D eigenvalue weighted by Gasteiger charge is -2.20. The van der Waals surface area contributed by atoms with Gasteiger partial charge in [0.2, 0.25) is 0 Å². The van der Waals surface area contributed by atoms with E-state index in [1.54, 1.807) is 0 Å². The molecule has 0 radical (unpaired) electrons. The summed E-state index contributed by atoms with van der Waals surface area (Å²) < 4.78 is 10.9. The molecule has 0 aromatic rings. The van der Waals surface area contributed by atoms with Crippen molar-refractivity contribution in [1.82, 2.24) is 0 Å². The van der Waals surface area contributed by atoms with Crippen LogP contribution in [0, 0.1) is 5.92 Å². The molecule has 0 amide bonds. The Morgan fingerprint density at radius 1 is 0.692 bits per heavy atom. The van der Waals surface area contributed by atoms with Crippen LogP contribution in [0.4, 0.5) is 0 Å². The monoisotopic (exact) mass is 370 g/mol. The average molecular weight is 371 g/mol. The average Bonchev–Trinajstić information content (AvgIpc) is 2.57. The van der Waals surface area contributed by atoms with E-state index in [0.717, 1.165) is 25.7 Å². The molecule has 4 heteroatoms. The summed E-state index contributed by atoms with van der Waals surface area (Å²) in [4.78, 5) is 23.8. The van der Waals surface area contributed by atoms with E-state index in [-0.39, 0.29) is 37.0 Å². The molecule has 0 saturated heterocycles. The van der Waals surface area contributed by atoms with Gasteiger partial charge in [-0.1, -0.05) is 66.2 Å². The van der Waals surface area contributed by atoms with Crippen molar-refractivity contribution < 1.29 is 19.1 Å². The van der Waals surface area contributed by atoms with E-state index < -0.39 is 0 Å². The first-order chi connectivity index (χ1) is 12.4. The van der Waals surface area contributed by atoms with Gasteiger partial charge in [-0.2, -0.15) is 0 Å². The molecule has 0 saturated carbocycles. The van der Waals surface area contributed by atoms with E-state index in [0.29, 0.717) is 12.3 Å². The van der Waals surface area contributed by atoms with Gasteiger partial charge in [0.25, 0.3) is 0 Å². The molecule has 0 fully saturated rings. The predicted molar refractivity (Wildman–Crippen MR) is 107 cm³/mol. The number of carbonyl (C=O) groups is 2. The smallest absolute Gasteiger partial charge is 0.306 e. The zero-order chi connectivity index (χ0) is 19.8. The molecule has 0 aliphatic rings. The third-order valence-corrected chi connectivity index (χ3v) is 4.66. The van der Waals surface area contributed by atoms with Gasteiger partial charge in [-0.3, -0.25) is 9.59 Å². The number of rotatable bonds is 16. The summed E-state index contributed by atoms with van der Waals surface area (Å²) in [7, 11) is 0. The van der Waals surface area contributed by atoms with Gasteiger partial charge in [0, 0.05) is 12.8 Å². The lowest BCUT2D eigenvalue weighted by atomic mass is 10.0. The van der Waals surface area contributed by atoms with Crippen LogP contribution in [0.5, 0.6) is 0 Å². The molecule has 0 heterocycles. The first-order valence-corrected chi connectivity index (χ1v) is 10.8. The maximum atomic E-state index is 11.9. The number of carbonyl (C=O) groups excluding carboxylic acids is 2. The zero-order valence-electron chi connectivity index (χ0n) is 17.9. The Morgan fingerprint density at radius 2 is 1.27 bits per heavy atom. The number of hydrogen-bond donors (Lipinski definition) is 0. The SMILES string of the molecule is CCCCCCCCC(C)OC(=O)CCCC(=O)OC(CCC)C(C)C. The standard InChI is InChI=1S/C22H42O4/c1-6-8-9-10-11-12-15-19(5)25-21(23)16-13-17-22(24)26-20(14-7-2)18(3)4/h18-20H,6-17H2,1-5H3. The van der Waals surface area contributed by atoms with Crippen LogP contribution < -0.4 is 0 Å². The lowest BCUT2D eigenvalue weighted by Crippen LogP contribution is -2.23. The van der Waals surface area contributed by atoms with Crippen molar-refractivity contribution in [3.05, 3.63) is 0 Å². The Hall–Kier alpha value is -1.06. The molecular weight excluding hydrogens is 328 g/mol. The Balaban J connectivity index is 3.78. The van der Waals surface area contributed by atoms with Crippen molar-refractivity contribution in [2.24, 2.45) is 5.92 Å². The summed E-state index contributed by atoms with van der Waals surface area (Å²) in [6.07, 6.45) is 11.3. The van der Waals surface area contributed by atoms with Crippen molar-refractivity contribution in [2.75, 3.05) is 0 Å². The highest BCUT2D eigenvalue weighted by atomic mass is 16.5. The van der Waals surface area contributed by atoms with Crippen LogP contribution >= 0.6 is 0 Å². The minimum atomic E-state index is -0.204. The van der Waals surface area contributed by atoms with Gasteiger partial charge < -0.3 is 9.47 Å². The van der Waals surface area contributed by atoms with Crippen LogP contribution in [0.15, 0.2) is 0 Å². The predicted octanol–water partition coefficient (Wildman–Crippen LogP) is 6.21. The van der Waals surface area contributed by atoms with Gasteiger partial charge in [-0.15, -0.1) is 0 Å². The van der Waals surface area contributed by atoms with Crippen LogP contribution in [0.1, 0.15) is 112 Å². The van der Waals surface area contributed by atoms with Crippen molar-refractivity contribution in [3.63, 3.8) is 0 Å². The summed E-state index contributed by atoms with van der Waals surface area (Å²) in [5, 5.41) is 0. The van der Waals surface area contributed by atoms with Gasteiger partial charge in [0.1, 0.15) is 6.10 Å². The number of hydrogen-bond acceptors (Lipinski definition) is 4. The summed E-state index contributed by atoms with van der Waals surface area (Å²) in [5.41, 5.74) is 0. The van der Waals surface area contributed by atoms with E-state index in [2.05, 4.69) is 27.7 Å². The highest BCUT2D eigenvalue weighted by Gasteiger charge is 2.18. The quantitative estimate of drug-likeness (QED) is 0.239. The van der Waals surface area contributed by atoms with Gasteiger partial charge in [-0.05, 0) is 38.5 Å². The second kappa shape index (κ2) is 16.1. The van der Waals surface area contributed by atoms with E-state index >= 15 is 0 Å². The topological polar surface area (TPSA) is 52.6 Å². The Bertz CT molecular complexity index is 365. The van der Waals surface area contributed by atoms with E-state index in [1.165, 1.54) is 32.1 Å². The molecule has 0 aromatic heterocycles. The fraction of sp³-hybridized carbons (Fsp3) is 0.909. The van der Waals surface area contributed by atoms with Crippen molar-refractivity contribution >= 4 is 11.9 Å². The molecule has 0 bridgehead atoms. The largest absolute Gasteiger partial charge is 0.463 e. The van der Waals surface area contributed by atoms with Gasteiger partial charge >= 0.3 is 11.9 Å². The number of ether oxygens (including phenoxy) is 2. The third kappa shape index (κ3) is 14.1. The molecule has 2 atom stereocenters. The van der Waals surface area contributed by atoms with Crippen LogP contribution in [0.2, 0.25) is 0 Å². The van der Waals surface area contributed by atoms with Crippen LogP contribution in [0.25, 0.3) is 0 Å². The zero-order valence-corrected chi connectivity index (χ0v) is 17.9. The fourth-order valence-corrected chi connectivity index (χ4v) is 2.97. The van der Waals surface area contributed by atoms with Gasteiger partial charge in [-0.25, -0.2) is 0 Å². The molecule has 26 heavy (non-hydrogen) atoms. The molecule has 2 unspecified atom stereocenters. The number of esters is 2. The molecule has 0 aliphatic carbocycles. The minimum absolute atomic E-state index is 0.0169. The summed E-state index contributed by atoms with van der Waals surface area (Å²) >= 11 is 0. The molecule has 154 valence electrons. The molecule has 0 aliphatic heterocycles. The van der Waals surface area contributed by atoms with Crippen LogP contribution in [0.3, 0.4) is 0 Å². The van der Waals surface area contributed by atoms with Crippen molar-refractivity contribution in [3.8, 4) is 0 Å². The molecular formula is C22H42O4. The lowest BCUT2D eigenvalue weighted by molar-refractivity contribution is -0.152. The van der Waals surface area contributed by atoms with Gasteiger partial charge in [0.15, 0.2) is 0 Å². The van der Waals surface area contributed by atoms with Crippen molar-refractivity contribution in [2.45, 2.75) is 124 Å². The highest BCUT2D eigenvalue weighted by molar-refractivity contribution is 5.72. The second-order valence-electron chi connectivity index (χ2n) is 7.77. The molecule has 0 aromatic carbocycles. The molecule has 0 N–H and O–H groups in total. The maximum Gasteiger partial charge on any atom is 0.306 e. The second-order valence-corrected chi connectivity index (χ2v) is 7.77. The highest BCUT2D eigenvalue weighted by Crippen LogP contribution is 2.15. The normalized spacial score (nSPS) is 13.5. The maximum absolute atomic E-state index is 11.9. The summed E-state index contributed by atoms with van der Waals surface area (Å²) in [5.74, 6) is -0.0815. The summed E-state index contributed by atoms with van der Waals surface area (Å²) in [6.45, 7) is 10.4. The Kier molecular flexibility index (Phi) is 15.5. The van der Waals surface area contributed by atoms with Crippen molar-refractivity contribution in [1.29, 1.82) is 0 Å². The minimum Gasteiger partial charge on any atom is -0.463 e. The molecule has 4 nitrogen and oxygen atoms in total. The Labute approximate surface area is 161 Å². The summed E-state index contributed by atoms with van der Waals surface area (Å²) in [6, 6.07) is 0. The van der Waals surface area contributed by atoms with E-state index in [1.807, 2.05) is 6.92 Å². The van der Waals surface area contributed by atoms with Crippen LogP contribution in [-0.2, 0) is 19.1 Å². The number of unbranched alkanes of at least 4 members (excludes halogenated alkanes) is 5. The molecule has 0 rings (SSSR count). The third-order valence-electron chi connectivity index (χ3n) is 4.66. The van der Waals surface area contributed by atoms with Gasteiger partial charge in [0.05, 0.1) is 6.10 Å².